The van der Waals surface area contributed by atoms with Crippen molar-refractivity contribution in [1.29, 1.82) is 0 Å². The highest BCUT2D eigenvalue weighted by Gasteiger charge is 2.37. The van der Waals surface area contributed by atoms with Crippen molar-refractivity contribution in [3.05, 3.63) is 77.4 Å². The van der Waals surface area contributed by atoms with Gasteiger partial charge in [-0.05, 0) is 96.1 Å². The first kappa shape index (κ1) is 25.5. The standard InChI is InChI=1S/C33H43NO/c1-8-24-12-9-10-13-27(24)25-15-17-31(35-21-11-20-34(6)7)28(22-25)26-14-16-29-30(23-26)33(4,5)19-18-32(29,2)3/h9-10,12-17,22-23H,8,11,18-21H2,1-7H3. The van der Waals surface area contributed by atoms with E-state index in [1.165, 1.54) is 51.8 Å². The molecule has 0 atom stereocenters. The summed E-state index contributed by atoms with van der Waals surface area (Å²) in [5, 5.41) is 0. The van der Waals surface area contributed by atoms with Gasteiger partial charge in [0, 0.05) is 12.1 Å². The van der Waals surface area contributed by atoms with Crippen LogP contribution in [0.1, 0.15) is 70.6 Å². The molecule has 0 heterocycles. The van der Waals surface area contributed by atoms with Gasteiger partial charge in [0.15, 0.2) is 0 Å². The molecule has 1 aliphatic carbocycles. The van der Waals surface area contributed by atoms with Crippen molar-refractivity contribution >= 4 is 0 Å². The van der Waals surface area contributed by atoms with Crippen LogP contribution in [0.4, 0.5) is 0 Å². The molecule has 0 saturated heterocycles. The van der Waals surface area contributed by atoms with Crippen LogP contribution in [-0.4, -0.2) is 32.1 Å². The molecule has 0 fully saturated rings. The van der Waals surface area contributed by atoms with Gasteiger partial charge in [-0.3, -0.25) is 0 Å². The van der Waals surface area contributed by atoms with Crippen molar-refractivity contribution in [3.63, 3.8) is 0 Å². The molecule has 0 amide bonds. The monoisotopic (exact) mass is 469 g/mol. The summed E-state index contributed by atoms with van der Waals surface area (Å²) in [6.07, 6.45) is 4.48. The molecule has 2 nitrogen and oxygen atoms in total. The molecule has 0 radical (unpaired) electrons. The lowest BCUT2D eigenvalue weighted by Gasteiger charge is -2.42. The fourth-order valence-electron chi connectivity index (χ4n) is 5.48. The summed E-state index contributed by atoms with van der Waals surface area (Å²) in [5.74, 6) is 0.981. The number of nitrogens with zero attached hydrogens (tertiary/aromatic N) is 1. The Kier molecular flexibility index (Phi) is 7.43. The molecule has 0 aromatic heterocycles. The zero-order chi connectivity index (χ0) is 25.2. The highest BCUT2D eigenvalue weighted by atomic mass is 16.5. The van der Waals surface area contributed by atoms with E-state index in [0.717, 1.165) is 31.7 Å². The minimum atomic E-state index is 0.181. The molecule has 2 heteroatoms. The molecule has 3 aromatic rings. The molecule has 4 rings (SSSR count). The maximum Gasteiger partial charge on any atom is 0.127 e. The Morgan fingerprint density at radius 2 is 1.43 bits per heavy atom. The first-order chi connectivity index (χ1) is 16.6. The van der Waals surface area contributed by atoms with Gasteiger partial charge >= 0.3 is 0 Å². The predicted octanol–water partition coefficient (Wildman–Crippen LogP) is 8.26. The summed E-state index contributed by atoms with van der Waals surface area (Å²) in [6.45, 7) is 13.6. The Hall–Kier alpha value is -2.58. The second-order valence-electron chi connectivity index (χ2n) is 11.8. The first-order valence-corrected chi connectivity index (χ1v) is 13.3. The molecule has 35 heavy (non-hydrogen) atoms. The number of fused-ring (bicyclic) bond motifs is 1. The van der Waals surface area contributed by atoms with Crippen LogP contribution in [0.15, 0.2) is 60.7 Å². The first-order valence-electron chi connectivity index (χ1n) is 13.3. The lowest BCUT2D eigenvalue weighted by atomic mass is 9.63. The van der Waals surface area contributed by atoms with Crippen LogP contribution in [0.5, 0.6) is 5.75 Å². The maximum absolute atomic E-state index is 6.40. The second kappa shape index (κ2) is 10.2. The third-order valence-electron chi connectivity index (χ3n) is 7.86. The minimum Gasteiger partial charge on any atom is -0.493 e. The van der Waals surface area contributed by atoms with Gasteiger partial charge in [-0.15, -0.1) is 0 Å². The maximum atomic E-state index is 6.40. The zero-order valence-corrected chi connectivity index (χ0v) is 22.9. The molecule has 3 aromatic carbocycles. The Bertz CT molecular complexity index is 1170. The molecule has 186 valence electrons. The molecule has 0 N–H and O–H groups in total. The number of hydrogen-bond acceptors (Lipinski definition) is 2. The van der Waals surface area contributed by atoms with E-state index in [9.17, 15) is 0 Å². The van der Waals surface area contributed by atoms with Gasteiger partial charge in [0.2, 0.25) is 0 Å². The van der Waals surface area contributed by atoms with Crippen LogP contribution in [0, 0.1) is 0 Å². The van der Waals surface area contributed by atoms with E-state index in [2.05, 4.69) is 114 Å². The molecule has 0 unspecified atom stereocenters. The molecule has 0 bridgehead atoms. The van der Waals surface area contributed by atoms with Crippen LogP contribution in [0.3, 0.4) is 0 Å². The van der Waals surface area contributed by atoms with E-state index in [-0.39, 0.29) is 10.8 Å². The van der Waals surface area contributed by atoms with Crippen LogP contribution in [-0.2, 0) is 17.3 Å². The molecular formula is C33H43NO. The number of hydrogen-bond donors (Lipinski definition) is 0. The Morgan fingerprint density at radius 3 is 2.14 bits per heavy atom. The van der Waals surface area contributed by atoms with E-state index in [4.69, 9.17) is 4.74 Å². The third kappa shape index (κ3) is 5.48. The fraction of sp³-hybridized carbons (Fsp3) is 0.455. The summed E-state index contributed by atoms with van der Waals surface area (Å²) < 4.78 is 6.40. The summed E-state index contributed by atoms with van der Waals surface area (Å²) in [6, 6.07) is 22.7. The summed E-state index contributed by atoms with van der Waals surface area (Å²) in [4.78, 5) is 2.21. The van der Waals surface area contributed by atoms with Crippen molar-refractivity contribution in [2.75, 3.05) is 27.2 Å². The van der Waals surface area contributed by atoms with Crippen molar-refractivity contribution in [2.24, 2.45) is 0 Å². The SMILES string of the molecule is CCc1ccccc1-c1ccc(OCCCN(C)C)c(-c2ccc3c(c2)C(C)(C)CCC3(C)C)c1. The van der Waals surface area contributed by atoms with Crippen molar-refractivity contribution < 1.29 is 4.74 Å². The Labute approximate surface area is 213 Å². The van der Waals surface area contributed by atoms with E-state index < -0.39 is 0 Å². The molecule has 0 spiro atoms. The smallest absolute Gasteiger partial charge is 0.127 e. The van der Waals surface area contributed by atoms with E-state index in [1.54, 1.807) is 0 Å². The quantitative estimate of drug-likeness (QED) is 0.308. The predicted molar refractivity (Wildman–Crippen MR) is 151 cm³/mol. The number of rotatable bonds is 8. The van der Waals surface area contributed by atoms with Crippen molar-refractivity contribution in [2.45, 2.75) is 71.1 Å². The van der Waals surface area contributed by atoms with Crippen LogP contribution in [0.2, 0.25) is 0 Å². The molecule has 0 saturated carbocycles. The van der Waals surface area contributed by atoms with Crippen LogP contribution >= 0.6 is 0 Å². The fourth-order valence-corrected chi connectivity index (χ4v) is 5.48. The van der Waals surface area contributed by atoms with E-state index in [0.29, 0.717) is 0 Å². The number of aryl methyl sites for hydroxylation is 1. The number of benzene rings is 3. The third-order valence-corrected chi connectivity index (χ3v) is 7.86. The van der Waals surface area contributed by atoms with Crippen LogP contribution < -0.4 is 4.74 Å². The average Bonchev–Trinajstić information content (AvgIpc) is 2.84. The van der Waals surface area contributed by atoms with Gasteiger partial charge in [0.05, 0.1) is 6.61 Å². The highest BCUT2D eigenvalue weighted by molar-refractivity contribution is 5.79. The summed E-state index contributed by atoms with van der Waals surface area (Å²) in [5.41, 5.74) is 9.80. The largest absolute Gasteiger partial charge is 0.493 e. The minimum absolute atomic E-state index is 0.181. The van der Waals surface area contributed by atoms with Crippen molar-refractivity contribution in [3.8, 4) is 28.0 Å². The Morgan fingerprint density at radius 1 is 0.771 bits per heavy atom. The Balaban J connectivity index is 1.80. The zero-order valence-electron chi connectivity index (χ0n) is 22.9. The highest BCUT2D eigenvalue weighted by Crippen LogP contribution is 2.47. The van der Waals surface area contributed by atoms with Gasteiger partial charge in [-0.1, -0.05) is 83.1 Å². The molecule has 1 aliphatic rings. The lowest BCUT2D eigenvalue weighted by molar-refractivity contribution is 0.282. The molecular weight excluding hydrogens is 426 g/mol. The van der Waals surface area contributed by atoms with Gasteiger partial charge < -0.3 is 9.64 Å². The van der Waals surface area contributed by atoms with Gasteiger partial charge in [0.25, 0.3) is 0 Å². The van der Waals surface area contributed by atoms with Gasteiger partial charge in [-0.25, -0.2) is 0 Å². The summed E-state index contributed by atoms with van der Waals surface area (Å²) >= 11 is 0. The van der Waals surface area contributed by atoms with Gasteiger partial charge in [0.1, 0.15) is 5.75 Å². The average molecular weight is 470 g/mol. The van der Waals surface area contributed by atoms with Gasteiger partial charge in [-0.2, -0.15) is 0 Å². The van der Waals surface area contributed by atoms with Crippen molar-refractivity contribution in [1.82, 2.24) is 4.90 Å². The lowest BCUT2D eigenvalue weighted by Crippen LogP contribution is -2.33. The second-order valence-corrected chi connectivity index (χ2v) is 11.8. The topological polar surface area (TPSA) is 12.5 Å². The van der Waals surface area contributed by atoms with Crippen LogP contribution in [0.25, 0.3) is 22.3 Å². The normalized spacial score (nSPS) is 16.2. The molecule has 0 aliphatic heterocycles. The summed E-state index contributed by atoms with van der Waals surface area (Å²) in [7, 11) is 4.23. The van der Waals surface area contributed by atoms with E-state index in [1.807, 2.05) is 0 Å². The van der Waals surface area contributed by atoms with E-state index >= 15 is 0 Å². The number of ether oxygens (including phenoxy) is 1.